The maximum Gasteiger partial charge on any atom is 0.119 e. The van der Waals surface area contributed by atoms with E-state index in [2.05, 4.69) is 52.1 Å². The first-order valence-electron chi connectivity index (χ1n) is 7.45. The van der Waals surface area contributed by atoms with E-state index < -0.39 is 0 Å². The number of aliphatic hydroxyl groups is 1. The Kier molecular flexibility index (Phi) is 6.50. The summed E-state index contributed by atoms with van der Waals surface area (Å²) >= 11 is 0. The molecule has 0 saturated carbocycles. The second kappa shape index (κ2) is 7.65. The normalized spacial score (nSPS) is 14.3. The topological polar surface area (TPSA) is 41.5 Å². The molecule has 3 heteroatoms. The standard InChI is InChI=1S/C17H29NO2/c1-13(2)18-17(5,12-19)9-6-10-20-16-8-7-14(3)15(4)11-16/h7-8,11,13,18-19H,6,9-10,12H2,1-5H3. The van der Waals surface area contributed by atoms with Crippen molar-refractivity contribution in [3.8, 4) is 5.75 Å². The molecule has 0 saturated heterocycles. The summed E-state index contributed by atoms with van der Waals surface area (Å²) in [6, 6.07) is 6.54. The van der Waals surface area contributed by atoms with Crippen LogP contribution in [0.5, 0.6) is 5.75 Å². The minimum atomic E-state index is -0.222. The molecule has 1 aromatic rings. The smallest absolute Gasteiger partial charge is 0.119 e. The van der Waals surface area contributed by atoms with Gasteiger partial charge in [-0.1, -0.05) is 19.9 Å². The first kappa shape index (κ1) is 17.0. The molecule has 1 unspecified atom stereocenters. The summed E-state index contributed by atoms with van der Waals surface area (Å²) in [4.78, 5) is 0. The molecule has 2 N–H and O–H groups in total. The minimum absolute atomic E-state index is 0.148. The zero-order chi connectivity index (χ0) is 15.2. The van der Waals surface area contributed by atoms with Gasteiger partial charge in [-0.15, -0.1) is 0 Å². The molecule has 0 aromatic heterocycles. The highest BCUT2D eigenvalue weighted by Gasteiger charge is 2.23. The van der Waals surface area contributed by atoms with Crippen LogP contribution in [0.25, 0.3) is 0 Å². The number of ether oxygens (including phenoxy) is 1. The lowest BCUT2D eigenvalue weighted by Crippen LogP contribution is -2.49. The molecule has 0 spiro atoms. The Bertz CT molecular complexity index is 417. The molecular formula is C17H29NO2. The Labute approximate surface area is 123 Å². The van der Waals surface area contributed by atoms with Gasteiger partial charge in [0.2, 0.25) is 0 Å². The maximum atomic E-state index is 9.51. The van der Waals surface area contributed by atoms with E-state index in [1.165, 1.54) is 11.1 Å². The molecule has 20 heavy (non-hydrogen) atoms. The van der Waals surface area contributed by atoms with Crippen LogP contribution in [0.3, 0.4) is 0 Å². The van der Waals surface area contributed by atoms with Gasteiger partial charge in [0.1, 0.15) is 5.75 Å². The van der Waals surface area contributed by atoms with E-state index in [0.29, 0.717) is 12.6 Å². The maximum absolute atomic E-state index is 9.51. The van der Waals surface area contributed by atoms with Gasteiger partial charge < -0.3 is 15.2 Å². The molecule has 0 aliphatic heterocycles. The van der Waals surface area contributed by atoms with Crippen LogP contribution in [-0.2, 0) is 0 Å². The van der Waals surface area contributed by atoms with Crippen molar-refractivity contribution < 1.29 is 9.84 Å². The lowest BCUT2D eigenvalue weighted by molar-refractivity contribution is 0.147. The van der Waals surface area contributed by atoms with Gasteiger partial charge in [-0.25, -0.2) is 0 Å². The van der Waals surface area contributed by atoms with Crippen molar-refractivity contribution in [3.63, 3.8) is 0 Å². The molecule has 3 nitrogen and oxygen atoms in total. The summed E-state index contributed by atoms with van der Waals surface area (Å²) in [5.74, 6) is 0.927. The molecular weight excluding hydrogens is 250 g/mol. The van der Waals surface area contributed by atoms with Crippen LogP contribution in [0.15, 0.2) is 18.2 Å². The number of benzene rings is 1. The van der Waals surface area contributed by atoms with E-state index in [-0.39, 0.29) is 12.1 Å². The van der Waals surface area contributed by atoms with E-state index in [9.17, 15) is 5.11 Å². The summed E-state index contributed by atoms with van der Waals surface area (Å²) in [6.45, 7) is 11.3. The third-order valence-corrected chi connectivity index (χ3v) is 3.61. The fraction of sp³-hybridized carbons (Fsp3) is 0.647. The largest absolute Gasteiger partial charge is 0.494 e. The summed E-state index contributed by atoms with van der Waals surface area (Å²) in [5.41, 5.74) is 2.32. The predicted molar refractivity (Wildman–Crippen MR) is 84.4 cm³/mol. The van der Waals surface area contributed by atoms with Gasteiger partial charge in [0.25, 0.3) is 0 Å². The Morgan fingerprint density at radius 1 is 1.25 bits per heavy atom. The van der Waals surface area contributed by atoms with Gasteiger partial charge >= 0.3 is 0 Å². The van der Waals surface area contributed by atoms with Gasteiger partial charge in [-0.3, -0.25) is 0 Å². The zero-order valence-electron chi connectivity index (χ0n) is 13.5. The van der Waals surface area contributed by atoms with Gasteiger partial charge in [0.05, 0.1) is 13.2 Å². The van der Waals surface area contributed by atoms with Crippen molar-refractivity contribution in [2.45, 2.75) is 59.0 Å². The summed E-state index contributed by atoms with van der Waals surface area (Å²) in [7, 11) is 0. The average Bonchev–Trinajstić information content (AvgIpc) is 2.38. The molecule has 1 rings (SSSR count). The highest BCUT2D eigenvalue weighted by Crippen LogP contribution is 2.18. The van der Waals surface area contributed by atoms with Gasteiger partial charge in [0, 0.05) is 11.6 Å². The van der Waals surface area contributed by atoms with E-state index in [4.69, 9.17) is 4.74 Å². The van der Waals surface area contributed by atoms with Crippen LogP contribution in [0, 0.1) is 13.8 Å². The van der Waals surface area contributed by atoms with Gasteiger partial charge in [-0.2, -0.15) is 0 Å². The minimum Gasteiger partial charge on any atom is -0.494 e. The highest BCUT2D eigenvalue weighted by atomic mass is 16.5. The molecule has 1 aromatic carbocycles. The Morgan fingerprint density at radius 3 is 2.50 bits per heavy atom. The molecule has 0 heterocycles. The molecule has 0 radical (unpaired) electrons. The van der Waals surface area contributed by atoms with Gasteiger partial charge in [-0.05, 0) is 56.9 Å². The van der Waals surface area contributed by atoms with Crippen LogP contribution in [0.1, 0.15) is 44.7 Å². The Hall–Kier alpha value is -1.06. The number of hydrogen-bond donors (Lipinski definition) is 2. The van der Waals surface area contributed by atoms with Crippen LogP contribution >= 0.6 is 0 Å². The zero-order valence-corrected chi connectivity index (χ0v) is 13.5. The molecule has 114 valence electrons. The molecule has 0 fully saturated rings. The van der Waals surface area contributed by atoms with Crippen molar-refractivity contribution in [2.75, 3.05) is 13.2 Å². The quantitative estimate of drug-likeness (QED) is 0.718. The predicted octanol–water partition coefficient (Wildman–Crippen LogP) is 3.21. The van der Waals surface area contributed by atoms with Crippen LogP contribution in [0.2, 0.25) is 0 Å². The Morgan fingerprint density at radius 2 is 1.95 bits per heavy atom. The summed E-state index contributed by atoms with van der Waals surface area (Å²) in [5, 5.41) is 12.9. The monoisotopic (exact) mass is 279 g/mol. The van der Waals surface area contributed by atoms with Crippen molar-refractivity contribution in [1.82, 2.24) is 5.32 Å². The Balaban J connectivity index is 2.38. The third-order valence-electron chi connectivity index (χ3n) is 3.61. The average molecular weight is 279 g/mol. The van der Waals surface area contributed by atoms with E-state index in [0.717, 1.165) is 18.6 Å². The second-order valence-electron chi connectivity index (χ2n) is 6.22. The highest BCUT2D eigenvalue weighted by molar-refractivity contribution is 5.33. The van der Waals surface area contributed by atoms with Crippen LogP contribution in [0.4, 0.5) is 0 Å². The molecule has 0 aliphatic carbocycles. The first-order chi connectivity index (χ1) is 9.36. The molecule has 0 amide bonds. The summed E-state index contributed by atoms with van der Waals surface area (Å²) in [6.07, 6.45) is 1.82. The molecule has 0 aliphatic rings. The second-order valence-corrected chi connectivity index (χ2v) is 6.22. The summed E-state index contributed by atoms with van der Waals surface area (Å²) < 4.78 is 5.78. The van der Waals surface area contributed by atoms with E-state index in [1.54, 1.807) is 0 Å². The van der Waals surface area contributed by atoms with E-state index >= 15 is 0 Å². The van der Waals surface area contributed by atoms with Gasteiger partial charge in [0.15, 0.2) is 0 Å². The van der Waals surface area contributed by atoms with Crippen LogP contribution in [-0.4, -0.2) is 29.9 Å². The fourth-order valence-corrected chi connectivity index (χ4v) is 2.35. The van der Waals surface area contributed by atoms with Crippen molar-refractivity contribution >= 4 is 0 Å². The number of rotatable bonds is 8. The third kappa shape index (κ3) is 5.51. The lowest BCUT2D eigenvalue weighted by Gasteiger charge is -2.31. The number of aryl methyl sites for hydroxylation is 2. The van der Waals surface area contributed by atoms with Crippen molar-refractivity contribution in [1.29, 1.82) is 0 Å². The van der Waals surface area contributed by atoms with Crippen molar-refractivity contribution in [2.24, 2.45) is 0 Å². The van der Waals surface area contributed by atoms with Crippen molar-refractivity contribution in [3.05, 3.63) is 29.3 Å². The lowest BCUT2D eigenvalue weighted by atomic mass is 9.96. The fourth-order valence-electron chi connectivity index (χ4n) is 2.35. The number of nitrogens with one attached hydrogen (secondary N) is 1. The molecule has 0 bridgehead atoms. The van der Waals surface area contributed by atoms with Crippen LogP contribution < -0.4 is 10.1 Å². The number of aliphatic hydroxyl groups excluding tert-OH is 1. The van der Waals surface area contributed by atoms with E-state index in [1.807, 2.05) is 6.07 Å². The number of hydrogen-bond acceptors (Lipinski definition) is 3. The first-order valence-corrected chi connectivity index (χ1v) is 7.45. The SMILES string of the molecule is Cc1ccc(OCCCC(C)(CO)NC(C)C)cc1C. The molecule has 1 atom stereocenters.